The van der Waals surface area contributed by atoms with Crippen molar-refractivity contribution in [3.05, 3.63) is 89.5 Å². The third kappa shape index (κ3) is 11.2. The second kappa shape index (κ2) is 21.5. The summed E-state index contributed by atoms with van der Waals surface area (Å²) in [5.41, 5.74) is 5.30. The third-order valence-electron chi connectivity index (χ3n) is 11.4. The minimum Gasteiger partial charge on any atom is -0.494 e. The van der Waals surface area contributed by atoms with E-state index in [2.05, 4.69) is 95.2 Å². The first-order valence-corrected chi connectivity index (χ1v) is 24.1. The second-order valence-corrected chi connectivity index (χ2v) is 22.4. The van der Waals surface area contributed by atoms with Gasteiger partial charge in [0.05, 0.1) is 44.2 Å². The lowest BCUT2D eigenvalue weighted by Gasteiger charge is -2.50. The molecule has 2 heterocycles. The van der Waals surface area contributed by atoms with Crippen LogP contribution in [-0.2, 0) is 31.9 Å². The van der Waals surface area contributed by atoms with E-state index in [0.29, 0.717) is 56.1 Å². The summed E-state index contributed by atoms with van der Waals surface area (Å²) in [5, 5.41) is 0. The third-order valence-corrected chi connectivity index (χ3v) is 18.2. The summed E-state index contributed by atoms with van der Waals surface area (Å²) in [6.45, 7) is 19.0. The van der Waals surface area contributed by atoms with E-state index in [1.165, 1.54) is 0 Å². The Bertz CT molecular complexity index is 1600. The minimum atomic E-state index is -2.41. The van der Waals surface area contributed by atoms with Crippen LogP contribution in [-0.4, -0.2) is 96.6 Å². The number of amides is 1. The molecule has 56 heavy (non-hydrogen) atoms. The van der Waals surface area contributed by atoms with Gasteiger partial charge in [-0.3, -0.25) is 0 Å². The van der Waals surface area contributed by atoms with Crippen molar-refractivity contribution in [2.45, 2.75) is 102 Å². The summed E-state index contributed by atoms with van der Waals surface area (Å²) in [4.78, 5) is 18.2. The van der Waals surface area contributed by atoms with Crippen molar-refractivity contribution in [3.8, 4) is 11.5 Å². The molecule has 0 spiro atoms. The zero-order valence-electron chi connectivity index (χ0n) is 35.0. The number of benzene rings is 3. The van der Waals surface area contributed by atoms with Crippen molar-refractivity contribution < 1.29 is 32.9 Å². The first kappa shape index (κ1) is 43.9. The predicted octanol–water partition coefficient (Wildman–Crippen LogP) is 9.94. The first-order chi connectivity index (χ1) is 27.1. The quantitative estimate of drug-likeness (QED) is 0.0819. The maximum atomic E-state index is 14.0. The van der Waals surface area contributed by atoms with E-state index in [1.807, 2.05) is 47.0 Å². The Morgan fingerprint density at radius 1 is 0.857 bits per heavy atom. The number of rotatable bonds is 20. The lowest BCUT2D eigenvalue weighted by Crippen LogP contribution is -2.59. The van der Waals surface area contributed by atoms with E-state index in [0.717, 1.165) is 65.6 Å². The van der Waals surface area contributed by atoms with Gasteiger partial charge in [0, 0.05) is 32.7 Å². The highest BCUT2D eigenvalue weighted by Gasteiger charge is 2.51. The van der Waals surface area contributed by atoms with Gasteiger partial charge in [-0.25, -0.2) is 4.79 Å². The molecule has 0 unspecified atom stereocenters. The lowest BCUT2D eigenvalue weighted by molar-refractivity contribution is -0.0663. The number of likely N-dealkylation sites (tertiary alicyclic amines) is 1. The number of carbonyl (C=O) groups excluding carboxylic acids is 1. The highest BCUT2D eigenvalue weighted by Crippen LogP contribution is 2.46. The van der Waals surface area contributed by atoms with E-state index in [1.54, 1.807) is 7.11 Å². The van der Waals surface area contributed by atoms with Crippen molar-refractivity contribution in [1.82, 2.24) is 4.90 Å². The van der Waals surface area contributed by atoms with E-state index in [9.17, 15) is 4.79 Å². The van der Waals surface area contributed by atoms with Gasteiger partial charge >= 0.3 is 6.09 Å². The van der Waals surface area contributed by atoms with Crippen LogP contribution in [0.1, 0.15) is 77.0 Å². The number of carbonyl (C=O) groups is 1. The molecule has 0 aromatic heterocycles. The number of fused-ring (bicyclic) bond motifs is 1. The van der Waals surface area contributed by atoms with E-state index >= 15 is 0 Å². The maximum Gasteiger partial charge on any atom is 0.410 e. The Kier molecular flexibility index (Phi) is 16.9. The Labute approximate surface area is 341 Å². The SMILES string of the molecule is COCCCN1CCOc2ccc(CO[C@H]3CN(C(=O)OCc4ccccc4)C[C@@H](O[Si](C(C)C)(C(C)C)C(C)C)[C@@H]3c3ccc(OCCCSC)cc3)cc21. The molecule has 308 valence electrons. The van der Waals surface area contributed by atoms with Crippen molar-refractivity contribution in [1.29, 1.82) is 0 Å². The molecule has 5 rings (SSSR count). The number of ether oxygens (including phenoxy) is 5. The van der Waals surface area contributed by atoms with Crippen molar-refractivity contribution in [3.63, 3.8) is 0 Å². The van der Waals surface area contributed by atoms with Crippen LogP contribution >= 0.6 is 11.8 Å². The highest BCUT2D eigenvalue weighted by molar-refractivity contribution is 7.98. The minimum absolute atomic E-state index is 0.131. The van der Waals surface area contributed by atoms with Gasteiger partial charge in [-0.05, 0) is 82.4 Å². The van der Waals surface area contributed by atoms with Gasteiger partial charge in [0.2, 0.25) is 8.32 Å². The van der Waals surface area contributed by atoms with Crippen LogP contribution in [0.15, 0.2) is 72.8 Å². The molecule has 3 aromatic rings. The van der Waals surface area contributed by atoms with Crippen LogP contribution in [0, 0.1) is 0 Å². The van der Waals surface area contributed by atoms with Crippen LogP contribution in [0.25, 0.3) is 0 Å². The molecule has 1 fully saturated rings. The van der Waals surface area contributed by atoms with Crippen LogP contribution < -0.4 is 14.4 Å². The summed E-state index contributed by atoms with van der Waals surface area (Å²) in [6, 6.07) is 24.7. The number of hydrogen-bond donors (Lipinski definition) is 0. The molecular weight excluding hydrogens is 741 g/mol. The Hall–Kier alpha value is -3.22. The van der Waals surface area contributed by atoms with Crippen LogP contribution in [0.5, 0.6) is 11.5 Å². The van der Waals surface area contributed by atoms with Gasteiger partial charge in [0.1, 0.15) is 24.7 Å². The number of nitrogens with zero attached hydrogens (tertiary/aromatic N) is 2. The molecule has 0 N–H and O–H groups in total. The summed E-state index contributed by atoms with van der Waals surface area (Å²) >= 11 is 1.83. The number of piperidine rings is 1. The van der Waals surface area contributed by atoms with Gasteiger partial charge in [-0.2, -0.15) is 11.8 Å². The Balaban J connectivity index is 1.49. The number of methoxy groups -OCH3 is 1. The zero-order valence-corrected chi connectivity index (χ0v) is 36.9. The molecule has 0 aliphatic carbocycles. The number of hydrogen-bond acceptors (Lipinski definition) is 9. The van der Waals surface area contributed by atoms with Gasteiger partial charge in [0.25, 0.3) is 0 Å². The van der Waals surface area contributed by atoms with Gasteiger partial charge in [-0.15, -0.1) is 0 Å². The summed E-state index contributed by atoms with van der Waals surface area (Å²) < 4.78 is 38.2. The van der Waals surface area contributed by atoms with Crippen LogP contribution in [0.4, 0.5) is 10.5 Å². The topological polar surface area (TPSA) is 78.9 Å². The fraction of sp³-hybridized carbons (Fsp3) is 0.578. The van der Waals surface area contributed by atoms with Crippen molar-refractivity contribution in [2.24, 2.45) is 0 Å². The predicted molar refractivity (Wildman–Crippen MR) is 231 cm³/mol. The second-order valence-electron chi connectivity index (χ2n) is 16.0. The molecule has 1 amide bonds. The number of thioether (sulfide) groups is 1. The molecule has 0 radical (unpaired) electrons. The Morgan fingerprint density at radius 2 is 1.57 bits per heavy atom. The standard InChI is InChI=1S/C45H66N2O7SSi/c1-33(2)56(34(3)4,35(5)6)54-43-30-47(45(48)53-31-36-14-10-9-11-15-36)29-42(44(43)38-17-19-39(20-18-38)50-25-13-27-55-8)52-32-37-16-21-41-40(28-37)46(23-26-51-41)22-12-24-49-7/h9-11,14-21,28,33-35,42-44H,12-13,22-27,29-32H2,1-8H3/t42-,43+,44+/m0/s1. The lowest BCUT2D eigenvalue weighted by atomic mass is 9.84. The Morgan fingerprint density at radius 3 is 2.25 bits per heavy atom. The van der Waals surface area contributed by atoms with Crippen LogP contribution in [0.2, 0.25) is 16.6 Å². The largest absolute Gasteiger partial charge is 0.494 e. The summed E-state index contributed by atoms with van der Waals surface area (Å²) in [7, 11) is -0.662. The zero-order chi connectivity index (χ0) is 40.1. The van der Waals surface area contributed by atoms with Gasteiger partial charge in [-0.1, -0.05) is 90.1 Å². The molecular formula is C45H66N2O7SSi. The molecule has 11 heteroatoms. The molecule has 9 nitrogen and oxygen atoms in total. The fourth-order valence-electron chi connectivity index (χ4n) is 8.72. The maximum absolute atomic E-state index is 14.0. The molecule has 3 atom stereocenters. The number of anilines is 1. The average molecular weight is 807 g/mol. The van der Waals surface area contributed by atoms with Crippen molar-refractivity contribution in [2.75, 3.05) is 70.0 Å². The average Bonchev–Trinajstić information content (AvgIpc) is 3.20. The normalized spacial score (nSPS) is 18.7. The monoisotopic (exact) mass is 806 g/mol. The molecule has 0 saturated carbocycles. The highest BCUT2D eigenvalue weighted by atomic mass is 32.2. The first-order valence-electron chi connectivity index (χ1n) is 20.5. The molecule has 1 saturated heterocycles. The molecule has 3 aromatic carbocycles. The van der Waals surface area contributed by atoms with Gasteiger partial charge in [0.15, 0.2) is 0 Å². The van der Waals surface area contributed by atoms with E-state index in [4.69, 9.17) is 28.1 Å². The fourth-order valence-corrected chi connectivity index (χ4v) is 14.7. The molecule has 2 aliphatic rings. The smallest absolute Gasteiger partial charge is 0.410 e. The van der Waals surface area contributed by atoms with E-state index < -0.39 is 8.32 Å². The molecule has 0 bridgehead atoms. The summed E-state index contributed by atoms with van der Waals surface area (Å²) in [6.07, 6.45) is 3.03. The van der Waals surface area contributed by atoms with Crippen LogP contribution in [0.3, 0.4) is 0 Å². The summed E-state index contributed by atoms with van der Waals surface area (Å²) in [5.74, 6) is 2.68. The van der Waals surface area contributed by atoms with Crippen molar-refractivity contribution >= 4 is 31.9 Å². The molecule has 2 aliphatic heterocycles. The van der Waals surface area contributed by atoms with E-state index in [-0.39, 0.29) is 30.8 Å². The van der Waals surface area contributed by atoms with Gasteiger partial charge < -0.3 is 37.9 Å².